The number of allylic oxidation sites excluding steroid dienone is 4. The van der Waals surface area contributed by atoms with Gasteiger partial charge in [0.2, 0.25) is 0 Å². The molecule has 0 fully saturated rings. The number of rotatable bonds is 0. The summed E-state index contributed by atoms with van der Waals surface area (Å²) in [5, 5.41) is 0. The van der Waals surface area contributed by atoms with Crippen molar-refractivity contribution >= 4 is 0 Å². The van der Waals surface area contributed by atoms with E-state index >= 15 is 0 Å². The van der Waals surface area contributed by atoms with Gasteiger partial charge in [-0.05, 0) is 0 Å². The summed E-state index contributed by atoms with van der Waals surface area (Å²) in [6, 6.07) is 0. The first-order chi connectivity index (χ1) is 2.50. The van der Waals surface area contributed by atoms with Crippen molar-refractivity contribution in [2.24, 2.45) is 0 Å². The summed E-state index contributed by atoms with van der Waals surface area (Å²) in [6.07, 6.45) is 10.0. The second-order valence-corrected chi connectivity index (χ2v) is 1.00. The third kappa shape index (κ3) is 6.17. The second kappa shape index (κ2) is 10.2. The molecule has 0 aromatic rings. The van der Waals surface area contributed by atoms with E-state index in [0.29, 0.717) is 0 Å². The van der Waals surface area contributed by atoms with Gasteiger partial charge in [0.15, 0.2) is 0 Å². The van der Waals surface area contributed by atoms with Crippen molar-refractivity contribution in [2.45, 2.75) is 6.42 Å². The maximum Gasteiger partial charge on any atom is 0 e. The van der Waals surface area contributed by atoms with Crippen LogP contribution in [0.4, 0.5) is 0 Å². The Labute approximate surface area is 71.4 Å². The summed E-state index contributed by atoms with van der Waals surface area (Å²) in [5.74, 6) is 0. The SMILES string of the molecule is [C-]1=CC=CC1.[CH3-].[CH3-].[H-].[H-].[H-].[W]. The molecule has 0 nitrogen and oxygen atoms in total. The van der Waals surface area contributed by atoms with Crippen molar-refractivity contribution in [1.82, 2.24) is 0 Å². The molecule has 1 aliphatic carbocycles. The molecule has 0 atom stereocenters. The van der Waals surface area contributed by atoms with E-state index in [1.807, 2.05) is 12.2 Å². The van der Waals surface area contributed by atoms with Crippen LogP contribution in [-0.4, -0.2) is 0 Å². The molecule has 1 rings (SSSR count). The van der Waals surface area contributed by atoms with Gasteiger partial charge in [-0.25, -0.2) is 12.2 Å². The molecule has 0 N–H and O–H groups in total. The minimum absolute atomic E-state index is 0. The smallest absolute Gasteiger partial charge is 0 e. The fourth-order valence-electron chi connectivity index (χ4n) is 0.340. The summed E-state index contributed by atoms with van der Waals surface area (Å²) >= 11 is 0. The Kier molecular flexibility index (Phi) is 20.1. The Bertz CT molecular complexity index is 71.8. The Morgan fingerprint density at radius 2 is 2.00 bits per heavy atom. The molecule has 8 heavy (non-hydrogen) atoms. The van der Waals surface area contributed by atoms with Gasteiger partial charge < -0.3 is 19.1 Å². The van der Waals surface area contributed by atoms with Crippen LogP contribution in [-0.2, 0) is 21.1 Å². The van der Waals surface area contributed by atoms with Gasteiger partial charge in [0.1, 0.15) is 0 Å². The topological polar surface area (TPSA) is 0 Å². The van der Waals surface area contributed by atoms with E-state index in [1.165, 1.54) is 0 Å². The van der Waals surface area contributed by atoms with Crippen molar-refractivity contribution in [3.05, 3.63) is 39.2 Å². The zero-order chi connectivity index (χ0) is 3.54. The Morgan fingerprint density at radius 3 is 2.12 bits per heavy atom. The summed E-state index contributed by atoms with van der Waals surface area (Å²) in [4.78, 5) is 0. The molecular weight excluding hydrogens is 268 g/mol. The van der Waals surface area contributed by atoms with E-state index < -0.39 is 0 Å². The average Bonchev–Trinajstić information content (AvgIpc) is 1.76. The predicted molar refractivity (Wildman–Crippen MR) is 37.7 cm³/mol. The molecule has 0 heterocycles. The molecule has 0 radical (unpaired) electrons. The van der Waals surface area contributed by atoms with Gasteiger partial charge >= 0.3 is 0 Å². The molecule has 0 saturated carbocycles. The molecule has 0 aromatic carbocycles. The summed E-state index contributed by atoms with van der Waals surface area (Å²) < 4.78 is 0. The first-order valence-corrected chi connectivity index (χ1v) is 1.72. The molecule has 0 spiro atoms. The molecular formula is C7H14W-6. The van der Waals surface area contributed by atoms with E-state index in [-0.39, 0.29) is 40.2 Å². The monoisotopic (exact) mass is 282 g/mol. The molecule has 0 amide bonds. The summed E-state index contributed by atoms with van der Waals surface area (Å²) in [5.41, 5.74) is 0. The van der Waals surface area contributed by atoms with Crippen LogP contribution >= 0.6 is 0 Å². The average molecular weight is 282 g/mol. The first-order valence-electron chi connectivity index (χ1n) is 1.72. The van der Waals surface area contributed by atoms with Crippen molar-refractivity contribution in [1.29, 1.82) is 0 Å². The molecule has 54 valence electrons. The van der Waals surface area contributed by atoms with Crippen molar-refractivity contribution in [3.8, 4) is 0 Å². The molecule has 0 aromatic heterocycles. The van der Waals surface area contributed by atoms with Gasteiger partial charge in [-0.3, -0.25) is 6.08 Å². The van der Waals surface area contributed by atoms with Gasteiger partial charge in [-0.1, -0.05) is 0 Å². The zero-order valence-corrected chi connectivity index (χ0v) is 8.28. The maximum atomic E-state index is 2.99. The Morgan fingerprint density at radius 1 is 1.38 bits per heavy atom. The van der Waals surface area contributed by atoms with Gasteiger partial charge in [-0.15, -0.1) is 6.42 Å². The third-order valence-electron chi connectivity index (χ3n) is 0.586. The minimum atomic E-state index is 0. The van der Waals surface area contributed by atoms with Crippen molar-refractivity contribution in [3.63, 3.8) is 0 Å². The standard InChI is InChI=1S/C5H5.2CH3.W.3H/c1-2-4-5-3-1;;;;;;/h1-3H,4H2;2*1H3;;;;/q3*-1;;3*-1. The fraction of sp³-hybridized carbons (Fsp3) is 0.143. The van der Waals surface area contributed by atoms with Gasteiger partial charge in [0.05, 0.1) is 0 Å². The normalized spacial score (nSPS) is 11.0. The van der Waals surface area contributed by atoms with Gasteiger partial charge in [-0.2, -0.15) is 6.08 Å². The van der Waals surface area contributed by atoms with E-state index in [0.717, 1.165) is 6.42 Å². The number of hydrogen-bond donors (Lipinski definition) is 0. The van der Waals surface area contributed by atoms with Crippen LogP contribution in [0.25, 0.3) is 0 Å². The molecule has 0 saturated heterocycles. The van der Waals surface area contributed by atoms with E-state index in [2.05, 4.69) is 12.2 Å². The van der Waals surface area contributed by atoms with E-state index in [4.69, 9.17) is 0 Å². The predicted octanol–water partition coefficient (Wildman–Crippen LogP) is 2.54. The quantitative estimate of drug-likeness (QED) is 0.599. The van der Waals surface area contributed by atoms with E-state index in [9.17, 15) is 0 Å². The van der Waals surface area contributed by atoms with Crippen LogP contribution in [0.5, 0.6) is 0 Å². The Hall–Kier alpha value is 0.168. The Balaban J connectivity index is -0.0000000104. The molecule has 1 aliphatic rings. The van der Waals surface area contributed by atoms with Crippen LogP contribution in [0.2, 0.25) is 0 Å². The zero-order valence-electron chi connectivity index (χ0n) is 8.35. The van der Waals surface area contributed by atoms with Crippen molar-refractivity contribution < 1.29 is 25.3 Å². The molecule has 0 bridgehead atoms. The third-order valence-corrected chi connectivity index (χ3v) is 0.586. The fourth-order valence-corrected chi connectivity index (χ4v) is 0.340. The van der Waals surface area contributed by atoms with Gasteiger partial charge in [0, 0.05) is 21.1 Å². The van der Waals surface area contributed by atoms with Crippen LogP contribution in [0.3, 0.4) is 0 Å². The largest absolute Gasteiger partial charge is 1.00 e. The summed E-state index contributed by atoms with van der Waals surface area (Å²) in [6.45, 7) is 0. The molecule has 1 heteroatoms. The minimum Gasteiger partial charge on any atom is -1.00 e. The maximum absolute atomic E-state index is 2.99. The van der Waals surface area contributed by atoms with Crippen LogP contribution < -0.4 is 0 Å². The second-order valence-electron chi connectivity index (χ2n) is 1.00. The molecule has 0 unspecified atom stereocenters. The van der Waals surface area contributed by atoms with Crippen LogP contribution in [0.15, 0.2) is 18.2 Å². The molecule has 0 aliphatic heterocycles. The van der Waals surface area contributed by atoms with E-state index in [1.54, 1.807) is 0 Å². The first kappa shape index (κ1) is 15.7. The number of hydrogen-bond acceptors (Lipinski definition) is 0. The van der Waals surface area contributed by atoms with Crippen LogP contribution in [0.1, 0.15) is 10.7 Å². The van der Waals surface area contributed by atoms with Crippen LogP contribution in [0, 0.1) is 20.9 Å². The van der Waals surface area contributed by atoms with Gasteiger partial charge in [0.25, 0.3) is 0 Å². The van der Waals surface area contributed by atoms with Crippen molar-refractivity contribution in [2.75, 3.05) is 0 Å². The summed E-state index contributed by atoms with van der Waals surface area (Å²) in [7, 11) is 0.